The molecule has 2 rings (SSSR count). The van der Waals surface area contributed by atoms with Gasteiger partial charge in [0.1, 0.15) is 39.8 Å². The first kappa shape index (κ1) is 42.0. The van der Waals surface area contributed by atoms with Gasteiger partial charge in [-0.25, -0.2) is 47.4 Å². The van der Waals surface area contributed by atoms with Crippen molar-refractivity contribution in [2.24, 2.45) is 0 Å². The number of hydrogen-bond acceptors (Lipinski definition) is 15. The van der Waals surface area contributed by atoms with E-state index in [4.69, 9.17) is 33.5 Å². The summed E-state index contributed by atoms with van der Waals surface area (Å²) in [6.07, 6.45) is 6.53. The van der Waals surface area contributed by atoms with Gasteiger partial charge in [-0.2, -0.15) is 9.97 Å². The maximum Gasteiger partial charge on any atom is 0.340 e. The highest BCUT2D eigenvalue weighted by molar-refractivity contribution is 5.81. The van der Waals surface area contributed by atoms with Crippen LogP contribution in [0.1, 0.15) is 12.7 Å². The molecule has 0 saturated heterocycles. The lowest BCUT2D eigenvalue weighted by Gasteiger charge is -2.15. The van der Waals surface area contributed by atoms with Crippen molar-refractivity contribution in [1.82, 2.24) is 28.7 Å². The molecule has 0 unspecified atom stereocenters. The monoisotopic (exact) mass is 674 g/mol. The second kappa shape index (κ2) is 24.3. The van der Waals surface area contributed by atoms with Gasteiger partial charge >= 0.3 is 41.0 Å². The normalized spacial score (nSPS) is 9.60. The van der Waals surface area contributed by atoms with Crippen LogP contribution in [0.2, 0.25) is 0 Å². The molecule has 0 aliphatic heterocycles. The van der Waals surface area contributed by atoms with E-state index in [1.54, 1.807) is 19.1 Å². The van der Waals surface area contributed by atoms with Gasteiger partial charge in [0.2, 0.25) is 0 Å². The summed E-state index contributed by atoms with van der Waals surface area (Å²) >= 11 is 0. The predicted molar refractivity (Wildman–Crippen MR) is 173 cm³/mol. The van der Waals surface area contributed by atoms with Crippen LogP contribution in [0, 0.1) is 0 Å². The minimum absolute atomic E-state index is 0.105. The molecule has 0 radical (unpaired) electrons. The van der Waals surface area contributed by atoms with Crippen LogP contribution in [0.5, 0.6) is 12.0 Å². The number of hydrogen-bond donors (Lipinski definition) is 0. The van der Waals surface area contributed by atoms with Crippen LogP contribution < -0.4 is 26.5 Å². The smallest absolute Gasteiger partial charge is 0.340 e. The van der Waals surface area contributed by atoms with Crippen LogP contribution >= 0.6 is 0 Å². The minimum atomic E-state index is -1.01. The lowest BCUT2D eigenvalue weighted by atomic mass is 10.5. The average molecular weight is 675 g/mol. The first-order valence-electron chi connectivity index (χ1n) is 13.7. The number of rotatable bonds is 20. The van der Waals surface area contributed by atoms with Gasteiger partial charge in [0.15, 0.2) is 5.82 Å². The zero-order valence-electron chi connectivity index (χ0n) is 26.6. The maximum absolute atomic E-state index is 12.7. The molecule has 0 aliphatic rings. The fourth-order valence-electron chi connectivity index (χ4n) is 2.98. The van der Waals surface area contributed by atoms with Gasteiger partial charge in [-0.3, -0.25) is 0 Å². The maximum atomic E-state index is 12.7. The fourth-order valence-corrected chi connectivity index (χ4v) is 2.98. The Morgan fingerprint density at radius 3 is 1.56 bits per heavy atom. The van der Waals surface area contributed by atoms with E-state index >= 15 is 0 Å². The highest BCUT2D eigenvalue weighted by Gasteiger charge is 2.18. The lowest BCUT2D eigenvalue weighted by molar-refractivity contribution is -0.281. The largest absolute Gasteiger partial charge is 0.461 e. The average Bonchev–Trinajstić information content (AvgIpc) is 3.10. The summed E-state index contributed by atoms with van der Waals surface area (Å²) in [6, 6.07) is 0.368. The van der Waals surface area contributed by atoms with Gasteiger partial charge in [-0.1, -0.05) is 51.6 Å². The molecule has 0 amide bonds. The van der Waals surface area contributed by atoms with Crippen molar-refractivity contribution in [3.8, 4) is 12.0 Å². The van der Waals surface area contributed by atoms with Gasteiger partial charge < -0.3 is 23.7 Å². The van der Waals surface area contributed by atoms with Crippen molar-refractivity contribution in [2.45, 2.75) is 20.0 Å². The predicted octanol–water partition coefficient (Wildman–Crippen LogP) is 0.528. The van der Waals surface area contributed by atoms with Crippen LogP contribution in [-0.4, -0.2) is 87.0 Å². The molecule has 18 nitrogen and oxygen atoms in total. The Morgan fingerprint density at radius 1 is 0.729 bits per heavy atom. The molecule has 18 heteroatoms. The van der Waals surface area contributed by atoms with Crippen LogP contribution in [0.25, 0.3) is 11.8 Å². The third-order valence-corrected chi connectivity index (χ3v) is 4.96. The number of aromatic nitrogens is 6. The topological polar surface area (TPSA) is 211 Å². The Bertz CT molecular complexity index is 1510. The number of carbonyl (C=O) groups is 3. The first-order chi connectivity index (χ1) is 23.1. The van der Waals surface area contributed by atoms with Gasteiger partial charge in [-0.05, 0) is 13.0 Å². The quantitative estimate of drug-likeness (QED) is 0.0468. The van der Waals surface area contributed by atoms with E-state index in [0.717, 1.165) is 12.2 Å². The zero-order chi connectivity index (χ0) is 36.5. The van der Waals surface area contributed by atoms with Gasteiger partial charge in [0.05, 0.1) is 25.4 Å². The molecule has 0 atom stereocenters. The molecule has 0 bridgehead atoms. The van der Waals surface area contributed by atoms with Crippen molar-refractivity contribution in [3.63, 3.8) is 0 Å². The van der Waals surface area contributed by atoms with Crippen LogP contribution in [-0.2, 0) is 46.7 Å². The second-order valence-electron chi connectivity index (χ2n) is 8.13. The van der Waals surface area contributed by atoms with E-state index in [0.29, 0.717) is 32.7 Å². The van der Waals surface area contributed by atoms with Crippen molar-refractivity contribution in [2.75, 3.05) is 39.6 Å². The van der Waals surface area contributed by atoms with Gasteiger partial charge in [-0.15, -0.1) is 4.98 Å². The molecular formula is C30H38N6O12. The summed E-state index contributed by atoms with van der Waals surface area (Å²) in [5, 5.41) is 0. The molecular weight excluding hydrogens is 636 g/mol. The zero-order valence-corrected chi connectivity index (χ0v) is 26.6. The van der Waals surface area contributed by atoms with Crippen LogP contribution in [0.4, 0.5) is 0 Å². The number of ether oxygens (including phenoxy) is 4. The highest BCUT2D eigenvalue weighted by atomic mass is 17.2. The van der Waals surface area contributed by atoms with E-state index in [-0.39, 0.29) is 57.2 Å². The summed E-state index contributed by atoms with van der Waals surface area (Å²) < 4.78 is 21.9. The van der Waals surface area contributed by atoms with Crippen molar-refractivity contribution < 1.29 is 43.1 Å². The molecule has 0 fully saturated rings. The SMILES string of the molecule is C=CC(=O)OCCn1c(=O)n(CCOC(=O)C=C)c(=O)n(C(=C)COOCC)c1=O.C=CCOc1nc(C=C)nc(OCC=C)n1.C=O. The van der Waals surface area contributed by atoms with Crippen molar-refractivity contribution in [1.29, 1.82) is 0 Å². The number of nitrogens with zero attached hydrogens (tertiary/aromatic N) is 6. The Morgan fingerprint density at radius 2 is 1.19 bits per heavy atom. The molecule has 2 aromatic heterocycles. The van der Waals surface area contributed by atoms with Crippen molar-refractivity contribution >= 4 is 30.5 Å². The third-order valence-electron chi connectivity index (χ3n) is 4.96. The molecule has 0 spiro atoms. The molecule has 2 aromatic rings. The Hall–Kier alpha value is -6.01. The fraction of sp³-hybridized carbons (Fsp3) is 0.300. The van der Waals surface area contributed by atoms with Crippen LogP contribution in [0.3, 0.4) is 0 Å². The molecule has 0 saturated carbocycles. The van der Waals surface area contributed by atoms with Gasteiger partial charge in [0, 0.05) is 12.2 Å². The minimum Gasteiger partial charge on any atom is -0.461 e. The Kier molecular flexibility index (Phi) is 21.2. The molecule has 0 N–H and O–H groups in total. The summed E-state index contributed by atoms with van der Waals surface area (Å²) in [5.74, 6) is -1.10. The number of carbonyl (C=O) groups excluding carboxylic acids is 3. The Balaban J connectivity index is 0.00000103. The molecule has 260 valence electrons. The van der Waals surface area contributed by atoms with Gasteiger partial charge in [0.25, 0.3) is 0 Å². The van der Waals surface area contributed by atoms with E-state index in [2.05, 4.69) is 54.4 Å². The summed E-state index contributed by atoms with van der Waals surface area (Å²) in [7, 11) is 0. The molecule has 2 heterocycles. The summed E-state index contributed by atoms with van der Waals surface area (Å²) in [4.78, 5) is 89.9. The second-order valence-corrected chi connectivity index (χ2v) is 8.13. The molecule has 0 aromatic carbocycles. The summed E-state index contributed by atoms with van der Waals surface area (Å²) in [5.41, 5.74) is -3.11. The number of esters is 2. The standard InChI is InChI=1S/C18H23N3O9.C11H13N3O2.CH2O/c1-5-14(22)27-10-8-19-16(24)20(9-11-28-15(23)6-2)18(26)21(17(19)25)13(4)12-30-29-7-3;1-4-7-15-10-12-9(6-3)13-11(14-10)16-8-5-2;1-2/h5-6H,1-2,4,7-12H2,3H3;4-6H,1-3,7-8H2;1H2. The van der Waals surface area contributed by atoms with E-state index < -0.39 is 29.0 Å². The third kappa shape index (κ3) is 14.4. The van der Waals surface area contributed by atoms with Crippen LogP contribution in [0.15, 0.2) is 78.2 Å². The van der Waals surface area contributed by atoms with E-state index in [1.165, 1.54) is 6.08 Å². The first-order valence-corrected chi connectivity index (χ1v) is 13.7. The molecule has 48 heavy (non-hydrogen) atoms. The van der Waals surface area contributed by atoms with E-state index in [1.807, 2.05) is 6.79 Å². The van der Waals surface area contributed by atoms with Crippen molar-refractivity contribution in [3.05, 3.63) is 101 Å². The molecule has 0 aliphatic carbocycles. The van der Waals surface area contributed by atoms with E-state index in [9.17, 15) is 24.0 Å². The highest BCUT2D eigenvalue weighted by Crippen LogP contribution is 2.10. The lowest BCUT2D eigenvalue weighted by Crippen LogP contribution is -2.55. The summed E-state index contributed by atoms with van der Waals surface area (Å²) in [6.45, 7) is 23.5. The Labute approximate surface area is 275 Å².